The minimum atomic E-state index is 0.401. The second-order valence-corrected chi connectivity index (χ2v) is 6.43. The van der Waals surface area contributed by atoms with Gasteiger partial charge in [-0.3, -0.25) is 4.90 Å². The molecule has 1 aromatic rings. The van der Waals surface area contributed by atoms with E-state index < -0.39 is 0 Å². The molecule has 1 fully saturated rings. The van der Waals surface area contributed by atoms with Gasteiger partial charge in [-0.2, -0.15) is 0 Å². The Hall–Kier alpha value is -0.960. The molecule has 0 aromatic carbocycles. The molecule has 1 atom stereocenters. The quantitative estimate of drug-likeness (QED) is 0.781. The maximum absolute atomic E-state index is 4.75. The minimum absolute atomic E-state index is 0.401. The highest BCUT2D eigenvalue weighted by Crippen LogP contribution is 2.27. The van der Waals surface area contributed by atoms with Gasteiger partial charge in [-0.15, -0.1) is 0 Å². The lowest BCUT2D eigenvalue weighted by Crippen LogP contribution is -2.39. The lowest BCUT2D eigenvalue weighted by Gasteiger charge is -2.33. The maximum Gasteiger partial charge on any atom is 0.131 e. The van der Waals surface area contributed by atoms with Crippen LogP contribution in [0.3, 0.4) is 0 Å². The zero-order valence-electron chi connectivity index (χ0n) is 13.5. The van der Waals surface area contributed by atoms with Crippen molar-refractivity contribution in [1.29, 1.82) is 0 Å². The first-order valence-corrected chi connectivity index (χ1v) is 8.19. The molecule has 0 spiro atoms. The third-order valence-electron chi connectivity index (χ3n) is 4.54. The topological polar surface area (TPSA) is 29.0 Å². The van der Waals surface area contributed by atoms with E-state index in [-0.39, 0.29) is 0 Å². The number of hydrogen-bond donors (Lipinski definition) is 0. The predicted octanol–water partition coefficient (Wildman–Crippen LogP) is 4.14. The summed E-state index contributed by atoms with van der Waals surface area (Å²) >= 11 is 0. The van der Waals surface area contributed by atoms with Crippen LogP contribution in [-0.2, 0) is 6.54 Å². The second kappa shape index (κ2) is 7.16. The molecule has 112 valence electrons. The lowest BCUT2D eigenvalue weighted by atomic mass is 10.1. The third-order valence-corrected chi connectivity index (χ3v) is 4.54. The molecule has 3 nitrogen and oxygen atoms in total. The number of aromatic nitrogens is 2. The molecule has 0 radical (unpaired) electrons. The Bertz CT molecular complexity index is 410. The van der Waals surface area contributed by atoms with Crippen LogP contribution in [0, 0.1) is 0 Å². The highest BCUT2D eigenvalue weighted by molar-refractivity contribution is 5.05. The SMILES string of the molecule is CC[C@H](C)N(Cc1ccnc(C(C)C)n1)C1CCCC1. The number of hydrogen-bond acceptors (Lipinski definition) is 3. The largest absolute Gasteiger partial charge is 0.292 e. The van der Waals surface area contributed by atoms with Crippen LogP contribution in [0.2, 0.25) is 0 Å². The fourth-order valence-corrected chi connectivity index (χ4v) is 3.08. The van der Waals surface area contributed by atoms with Crippen LogP contribution >= 0.6 is 0 Å². The van der Waals surface area contributed by atoms with Gasteiger partial charge in [-0.1, -0.05) is 33.6 Å². The van der Waals surface area contributed by atoms with Gasteiger partial charge in [0.15, 0.2) is 0 Å². The van der Waals surface area contributed by atoms with Gasteiger partial charge in [0.2, 0.25) is 0 Å². The molecule has 3 heteroatoms. The van der Waals surface area contributed by atoms with Crippen molar-refractivity contribution in [2.75, 3.05) is 0 Å². The van der Waals surface area contributed by atoms with E-state index in [1.807, 2.05) is 6.20 Å². The van der Waals surface area contributed by atoms with Crippen LogP contribution in [0.4, 0.5) is 0 Å². The van der Waals surface area contributed by atoms with Crippen LogP contribution < -0.4 is 0 Å². The van der Waals surface area contributed by atoms with Crippen LogP contribution in [0.5, 0.6) is 0 Å². The Morgan fingerprint density at radius 1 is 1.25 bits per heavy atom. The number of rotatable bonds is 6. The molecule has 1 aromatic heterocycles. The standard InChI is InChI=1S/C17H29N3/c1-5-14(4)20(16-8-6-7-9-16)12-15-10-11-18-17(19-15)13(2)3/h10-11,13-14,16H,5-9,12H2,1-4H3/t14-/m0/s1. The van der Waals surface area contributed by atoms with E-state index in [0.717, 1.165) is 18.4 Å². The van der Waals surface area contributed by atoms with Gasteiger partial charge in [0, 0.05) is 30.7 Å². The maximum atomic E-state index is 4.75. The Labute approximate surface area is 123 Å². The van der Waals surface area contributed by atoms with Crippen molar-refractivity contribution in [3.8, 4) is 0 Å². The van der Waals surface area contributed by atoms with Crippen LogP contribution in [-0.4, -0.2) is 27.0 Å². The summed E-state index contributed by atoms with van der Waals surface area (Å²) in [6.07, 6.45) is 8.61. The van der Waals surface area contributed by atoms with Gasteiger partial charge in [0.1, 0.15) is 5.82 Å². The van der Waals surface area contributed by atoms with Gasteiger partial charge in [0.05, 0.1) is 5.69 Å². The van der Waals surface area contributed by atoms with Crippen molar-refractivity contribution in [3.05, 3.63) is 23.8 Å². The summed E-state index contributed by atoms with van der Waals surface area (Å²) in [5, 5.41) is 0. The Kier molecular flexibility index (Phi) is 5.53. The first kappa shape index (κ1) is 15.4. The van der Waals surface area contributed by atoms with Crippen molar-refractivity contribution in [3.63, 3.8) is 0 Å². The normalized spacial score (nSPS) is 18.1. The summed E-state index contributed by atoms with van der Waals surface area (Å²) in [5.41, 5.74) is 1.18. The number of nitrogens with zero attached hydrogens (tertiary/aromatic N) is 3. The third kappa shape index (κ3) is 3.78. The zero-order chi connectivity index (χ0) is 14.5. The smallest absolute Gasteiger partial charge is 0.131 e. The summed E-state index contributed by atoms with van der Waals surface area (Å²) in [4.78, 5) is 11.8. The molecule has 1 heterocycles. The zero-order valence-corrected chi connectivity index (χ0v) is 13.5. The van der Waals surface area contributed by atoms with E-state index >= 15 is 0 Å². The molecular formula is C17H29N3. The van der Waals surface area contributed by atoms with E-state index in [2.05, 4.69) is 43.6 Å². The summed E-state index contributed by atoms with van der Waals surface area (Å²) < 4.78 is 0. The summed E-state index contributed by atoms with van der Waals surface area (Å²) in [6.45, 7) is 9.92. The molecule has 1 aliphatic carbocycles. The first-order valence-electron chi connectivity index (χ1n) is 8.19. The molecule has 1 aliphatic rings. The molecule has 0 unspecified atom stereocenters. The van der Waals surface area contributed by atoms with Crippen LogP contribution in [0.15, 0.2) is 12.3 Å². The molecular weight excluding hydrogens is 246 g/mol. The van der Waals surface area contributed by atoms with Crippen LogP contribution in [0.1, 0.15) is 77.2 Å². The van der Waals surface area contributed by atoms with E-state index in [4.69, 9.17) is 4.98 Å². The molecule has 0 N–H and O–H groups in total. The summed E-state index contributed by atoms with van der Waals surface area (Å²) in [5.74, 6) is 1.37. The van der Waals surface area contributed by atoms with E-state index in [0.29, 0.717) is 12.0 Å². The molecule has 1 saturated carbocycles. The average molecular weight is 275 g/mol. The Balaban J connectivity index is 2.12. The molecule has 0 aliphatic heterocycles. The molecule has 20 heavy (non-hydrogen) atoms. The van der Waals surface area contributed by atoms with E-state index in [9.17, 15) is 0 Å². The van der Waals surface area contributed by atoms with Crippen molar-refractivity contribution < 1.29 is 0 Å². The van der Waals surface area contributed by atoms with Crippen molar-refractivity contribution in [2.45, 2.75) is 84.3 Å². The highest BCUT2D eigenvalue weighted by atomic mass is 15.2. The summed E-state index contributed by atoms with van der Waals surface area (Å²) in [6, 6.07) is 3.47. The molecule has 2 rings (SSSR count). The van der Waals surface area contributed by atoms with Gasteiger partial charge in [-0.05, 0) is 32.3 Å². The molecule has 0 amide bonds. The second-order valence-electron chi connectivity index (χ2n) is 6.43. The van der Waals surface area contributed by atoms with Crippen molar-refractivity contribution >= 4 is 0 Å². The van der Waals surface area contributed by atoms with Gasteiger partial charge >= 0.3 is 0 Å². The molecule has 0 bridgehead atoms. The predicted molar refractivity (Wildman–Crippen MR) is 83.7 cm³/mol. The monoisotopic (exact) mass is 275 g/mol. The highest BCUT2D eigenvalue weighted by Gasteiger charge is 2.26. The van der Waals surface area contributed by atoms with Crippen molar-refractivity contribution in [2.24, 2.45) is 0 Å². The summed E-state index contributed by atoms with van der Waals surface area (Å²) in [7, 11) is 0. The lowest BCUT2D eigenvalue weighted by molar-refractivity contribution is 0.130. The Morgan fingerprint density at radius 2 is 1.95 bits per heavy atom. The fraction of sp³-hybridized carbons (Fsp3) is 0.765. The average Bonchev–Trinajstić information content (AvgIpc) is 2.98. The van der Waals surface area contributed by atoms with Crippen LogP contribution in [0.25, 0.3) is 0 Å². The van der Waals surface area contributed by atoms with E-state index in [1.165, 1.54) is 37.8 Å². The van der Waals surface area contributed by atoms with Gasteiger partial charge in [-0.25, -0.2) is 9.97 Å². The first-order chi connectivity index (χ1) is 9.61. The minimum Gasteiger partial charge on any atom is -0.292 e. The van der Waals surface area contributed by atoms with Gasteiger partial charge < -0.3 is 0 Å². The van der Waals surface area contributed by atoms with Crippen molar-refractivity contribution in [1.82, 2.24) is 14.9 Å². The molecule has 0 saturated heterocycles. The van der Waals surface area contributed by atoms with E-state index in [1.54, 1.807) is 0 Å². The Morgan fingerprint density at radius 3 is 2.55 bits per heavy atom. The fourth-order valence-electron chi connectivity index (χ4n) is 3.08. The van der Waals surface area contributed by atoms with Gasteiger partial charge in [0.25, 0.3) is 0 Å².